The summed E-state index contributed by atoms with van der Waals surface area (Å²) in [4.78, 5) is 25.6. The van der Waals surface area contributed by atoms with E-state index in [1.807, 2.05) is 107 Å². The van der Waals surface area contributed by atoms with Gasteiger partial charge in [-0.15, -0.1) is 0 Å². The van der Waals surface area contributed by atoms with Gasteiger partial charge in [0.1, 0.15) is 11.5 Å². The number of amides is 2. The van der Waals surface area contributed by atoms with Crippen LogP contribution in [0.3, 0.4) is 0 Å². The minimum Gasteiger partial charge on any atom is -0.457 e. The summed E-state index contributed by atoms with van der Waals surface area (Å²) < 4.78 is 32.7. The molecule has 9 nitrogen and oxygen atoms in total. The lowest BCUT2D eigenvalue weighted by molar-refractivity contribution is -0.126. The summed E-state index contributed by atoms with van der Waals surface area (Å²) in [6.45, 7) is 8.64. The van der Waals surface area contributed by atoms with Crippen molar-refractivity contribution in [2.75, 3.05) is 15.9 Å². The predicted octanol–water partition coefficient (Wildman–Crippen LogP) is 6.89. The Bertz CT molecular complexity index is 1740. The number of carbonyl (C=O) groups excluding carboxylic acids is 2. The highest BCUT2D eigenvalue weighted by molar-refractivity contribution is 7.92. The van der Waals surface area contributed by atoms with Gasteiger partial charge >= 0.3 is 6.41 Å². The minimum atomic E-state index is -3.42. The Balaban J connectivity index is 1.37. The molecule has 2 amide bonds. The number of nitrogens with zero attached hydrogens (tertiary/aromatic N) is 2. The van der Waals surface area contributed by atoms with Crippen molar-refractivity contribution in [3.8, 4) is 11.5 Å². The van der Waals surface area contributed by atoms with E-state index in [2.05, 4.69) is 27.2 Å². The van der Waals surface area contributed by atoms with Gasteiger partial charge in [-0.25, -0.2) is 13.4 Å². The number of aryl methyl sites for hydroxylation is 1. The van der Waals surface area contributed by atoms with E-state index in [0.717, 1.165) is 45.6 Å². The normalized spacial score (nSPS) is 11.4. The summed E-state index contributed by atoms with van der Waals surface area (Å²) in [6, 6.07) is 31.5. The van der Waals surface area contributed by atoms with Gasteiger partial charge in [0.2, 0.25) is 15.9 Å². The van der Waals surface area contributed by atoms with E-state index in [1.54, 1.807) is 12.5 Å². The zero-order chi connectivity index (χ0) is 34.0. The monoisotopic (exact) mass is 655 g/mol. The van der Waals surface area contributed by atoms with Gasteiger partial charge in [0.05, 0.1) is 17.5 Å². The second kappa shape index (κ2) is 15.6. The second-order valence-corrected chi connectivity index (χ2v) is 14.3. The van der Waals surface area contributed by atoms with Crippen LogP contribution in [0.25, 0.3) is 0 Å². The maximum Gasteiger partial charge on any atom is 0.332 e. The smallest absolute Gasteiger partial charge is 0.332 e. The Labute approximate surface area is 278 Å². The number of carbonyl (C=O) groups is 1. The lowest BCUT2D eigenvalue weighted by Gasteiger charge is -2.30. The van der Waals surface area contributed by atoms with Crippen molar-refractivity contribution in [2.24, 2.45) is 0 Å². The Morgan fingerprint density at radius 1 is 0.809 bits per heavy atom. The molecule has 0 aliphatic heterocycles. The van der Waals surface area contributed by atoms with Crippen LogP contribution >= 0.6 is 0 Å². The molecule has 0 bridgehead atoms. The lowest BCUT2D eigenvalue weighted by Crippen LogP contribution is -2.51. The van der Waals surface area contributed by atoms with Crippen molar-refractivity contribution in [1.82, 2.24) is 10.4 Å². The molecule has 2 N–H and O–H groups in total. The van der Waals surface area contributed by atoms with Crippen molar-refractivity contribution >= 4 is 33.7 Å². The Kier molecular flexibility index (Phi) is 11.7. The van der Waals surface area contributed by atoms with Crippen molar-refractivity contribution in [1.29, 1.82) is 0 Å². The molecule has 0 aliphatic rings. The number of benzene rings is 4. The molecule has 0 heterocycles. The van der Waals surface area contributed by atoms with Gasteiger partial charge in [0, 0.05) is 25.2 Å². The van der Waals surface area contributed by atoms with Gasteiger partial charge in [-0.3, -0.25) is 19.7 Å². The fourth-order valence-corrected chi connectivity index (χ4v) is 5.63. The average molecular weight is 656 g/mol. The standard InChI is InChI=1S/C37H43N4O5S/c1-28-34(39-47(5,44)45)14-10-15-35(28)40(25-30-11-7-6-8-12-30)26-31-19-23-33(24-20-31)46-32-21-17-29(18-22-32)13-9-16-36(43)38-41(27-42)37(2,3)4/h6-8,10-12,14-15,17-24,39H,9,13,16,25-26H2,1-5H3,(H,38,43). The number of ether oxygens (including phenoxy) is 1. The number of hydrogen-bond acceptors (Lipinski definition) is 6. The van der Waals surface area contributed by atoms with Crippen molar-refractivity contribution < 1.29 is 22.7 Å². The summed E-state index contributed by atoms with van der Waals surface area (Å²) in [5.41, 5.74) is 7.71. The summed E-state index contributed by atoms with van der Waals surface area (Å²) in [5, 5.41) is 1.16. The molecule has 0 saturated heterocycles. The van der Waals surface area contributed by atoms with E-state index < -0.39 is 15.6 Å². The molecule has 0 fully saturated rings. The first-order valence-electron chi connectivity index (χ1n) is 15.5. The fraction of sp³-hybridized carbons (Fsp3) is 0.297. The fourth-order valence-electron chi connectivity index (χ4n) is 5.01. The van der Waals surface area contributed by atoms with E-state index in [0.29, 0.717) is 43.1 Å². The van der Waals surface area contributed by atoms with E-state index in [1.165, 1.54) is 0 Å². The third-order valence-corrected chi connectivity index (χ3v) is 8.07. The molecule has 4 rings (SSSR count). The number of anilines is 2. The van der Waals surface area contributed by atoms with Crippen molar-refractivity contribution in [3.63, 3.8) is 0 Å². The predicted molar refractivity (Wildman–Crippen MR) is 187 cm³/mol. The average Bonchev–Trinajstić information content (AvgIpc) is 3.02. The number of hydrogen-bond donors (Lipinski definition) is 2. The first-order chi connectivity index (χ1) is 22.3. The third-order valence-electron chi connectivity index (χ3n) is 7.48. The Morgan fingerprint density at radius 3 is 1.94 bits per heavy atom. The Hall–Kier alpha value is -4.83. The summed E-state index contributed by atoms with van der Waals surface area (Å²) in [7, 11) is -3.42. The number of sulfonamides is 1. The molecule has 1 radical (unpaired) electrons. The molecule has 0 atom stereocenters. The van der Waals surface area contributed by atoms with Crippen LogP contribution in [0.2, 0.25) is 0 Å². The van der Waals surface area contributed by atoms with Crippen LogP contribution in [-0.4, -0.2) is 37.5 Å². The molecule has 4 aromatic carbocycles. The van der Waals surface area contributed by atoms with Crippen LogP contribution in [0.1, 0.15) is 55.9 Å². The maximum absolute atomic E-state index is 12.2. The van der Waals surface area contributed by atoms with Crippen LogP contribution in [-0.2, 0) is 39.1 Å². The zero-order valence-electron chi connectivity index (χ0n) is 27.6. The van der Waals surface area contributed by atoms with Crippen LogP contribution in [0.5, 0.6) is 11.5 Å². The number of nitrogens with one attached hydrogen (secondary N) is 2. The van der Waals surface area contributed by atoms with Crippen LogP contribution in [0, 0.1) is 6.92 Å². The number of rotatable bonds is 15. The van der Waals surface area contributed by atoms with E-state index >= 15 is 0 Å². The van der Waals surface area contributed by atoms with Crippen LogP contribution < -0.4 is 19.8 Å². The molecule has 0 aliphatic carbocycles. The van der Waals surface area contributed by atoms with Crippen molar-refractivity contribution in [2.45, 2.75) is 65.6 Å². The van der Waals surface area contributed by atoms with Crippen molar-refractivity contribution in [3.05, 3.63) is 119 Å². The maximum atomic E-state index is 12.2. The first kappa shape index (κ1) is 35.0. The SMILES string of the molecule is Cc1c(NS(C)(=O)=O)cccc1N(Cc1ccccc1)Cc1ccc(Oc2ccc(CCCC(=O)NN([C]=O)C(C)(C)C)cc2)cc1. The van der Waals surface area contributed by atoms with E-state index in [9.17, 15) is 18.0 Å². The molecular formula is C37H43N4O5S. The molecule has 247 valence electrons. The Morgan fingerprint density at radius 2 is 1.38 bits per heavy atom. The van der Waals surface area contributed by atoms with Gasteiger partial charge in [-0.1, -0.05) is 60.7 Å². The molecule has 4 aromatic rings. The summed E-state index contributed by atoms with van der Waals surface area (Å²) in [5.74, 6) is 1.19. The molecule has 0 spiro atoms. The molecule has 10 heteroatoms. The molecule has 0 unspecified atom stereocenters. The van der Waals surface area contributed by atoms with Gasteiger partial charge < -0.3 is 9.64 Å². The van der Waals surface area contributed by atoms with Gasteiger partial charge in [-0.05, 0) is 99.2 Å². The molecular weight excluding hydrogens is 612 g/mol. The summed E-state index contributed by atoms with van der Waals surface area (Å²) in [6.07, 6.45) is 4.57. The topological polar surface area (TPSA) is 108 Å². The van der Waals surface area contributed by atoms with Gasteiger partial charge in [0.25, 0.3) is 0 Å². The lowest BCUT2D eigenvalue weighted by atomic mass is 10.1. The highest BCUT2D eigenvalue weighted by Crippen LogP contribution is 2.31. The minimum absolute atomic E-state index is 0.220. The highest BCUT2D eigenvalue weighted by Gasteiger charge is 2.22. The zero-order valence-corrected chi connectivity index (χ0v) is 28.4. The first-order valence-corrected chi connectivity index (χ1v) is 17.4. The molecule has 0 saturated carbocycles. The molecule has 47 heavy (non-hydrogen) atoms. The summed E-state index contributed by atoms with van der Waals surface area (Å²) >= 11 is 0. The van der Waals surface area contributed by atoms with E-state index in [-0.39, 0.29) is 5.91 Å². The quantitative estimate of drug-likeness (QED) is 0.107. The van der Waals surface area contributed by atoms with Gasteiger partial charge in [-0.2, -0.15) is 0 Å². The molecule has 0 aromatic heterocycles. The highest BCUT2D eigenvalue weighted by atomic mass is 32.2. The van der Waals surface area contributed by atoms with E-state index in [4.69, 9.17) is 4.74 Å². The largest absolute Gasteiger partial charge is 0.457 e. The third kappa shape index (κ3) is 10.9. The van der Waals surface area contributed by atoms with Crippen LogP contribution in [0.4, 0.5) is 11.4 Å². The number of hydrazine groups is 1. The second-order valence-electron chi connectivity index (χ2n) is 12.5. The van der Waals surface area contributed by atoms with Gasteiger partial charge in [0.15, 0.2) is 0 Å². The van der Waals surface area contributed by atoms with Crippen LogP contribution in [0.15, 0.2) is 97.1 Å².